The van der Waals surface area contributed by atoms with Crippen LogP contribution in [0.5, 0.6) is 0 Å². The molecule has 1 nitrogen and oxygen atoms in total. The van der Waals surface area contributed by atoms with Gasteiger partial charge in [0.25, 0.3) is 0 Å². The third kappa shape index (κ3) is 2.93. The van der Waals surface area contributed by atoms with Crippen molar-refractivity contribution in [3.8, 4) is 0 Å². The first-order chi connectivity index (χ1) is 7.10. The SMILES string of the molecule is CCC(C)C(NC)c1ccc(F)cc1Cl. The van der Waals surface area contributed by atoms with Gasteiger partial charge < -0.3 is 5.32 Å². The lowest BCUT2D eigenvalue weighted by molar-refractivity contribution is 0.400. The molecule has 1 aromatic rings. The van der Waals surface area contributed by atoms with E-state index in [4.69, 9.17) is 11.6 Å². The summed E-state index contributed by atoms with van der Waals surface area (Å²) in [6.07, 6.45) is 1.05. The van der Waals surface area contributed by atoms with Crippen molar-refractivity contribution in [2.24, 2.45) is 5.92 Å². The summed E-state index contributed by atoms with van der Waals surface area (Å²) in [6.45, 7) is 4.29. The Hall–Kier alpha value is -0.600. The summed E-state index contributed by atoms with van der Waals surface area (Å²) < 4.78 is 12.9. The number of hydrogen-bond donors (Lipinski definition) is 1. The van der Waals surface area contributed by atoms with Gasteiger partial charge in [-0.15, -0.1) is 0 Å². The summed E-state index contributed by atoms with van der Waals surface area (Å²) >= 11 is 6.02. The minimum Gasteiger partial charge on any atom is -0.313 e. The molecule has 0 aliphatic rings. The number of benzene rings is 1. The minimum atomic E-state index is -0.289. The molecule has 0 amide bonds. The van der Waals surface area contributed by atoms with Crippen LogP contribution in [0.15, 0.2) is 18.2 Å². The van der Waals surface area contributed by atoms with E-state index < -0.39 is 0 Å². The molecule has 2 unspecified atom stereocenters. The van der Waals surface area contributed by atoms with Crippen LogP contribution in [-0.2, 0) is 0 Å². The fraction of sp³-hybridized carbons (Fsp3) is 0.500. The third-order valence-electron chi connectivity index (χ3n) is 2.82. The van der Waals surface area contributed by atoms with Crippen LogP contribution in [0.3, 0.4) is 0 Å². The van der Waals surface area contributed by atoms with Crippen LogP contribution in [0, 0.1) is 11.7 Å². The molecule has 1 aromatic carbocycles. The first kappa shape index (κ1) is 12.5. The van der Waals surface area contributed by atoms with Crippen LogP contribution in [0.2, 0.25) is 5.02 Å². The standard InChI is InChI=1S/C12H17ClFN/c1-4-8(2)12(15-3)10-6-5-9(14)7-11(10)13/h5-8,12,15H,4H2,1-3H3. The lowest BCUT2D eigenvalue weighted by Crippen LogP contribution is -2.23. The highest BCUT2D eigenvalue weighted by Gasteiger charge is 2.18. The average molecular weight is 230 g/mol. The second-order valence-electron chi connectivity index (χ2n) is 3.82. The molecule has 0 aliphatic carbocycles. The third-order valence-corrected chi connectivity index (χ3v) is 3.15. The first-order valence-corrected chi connectivity index (χ1v) is 5.60. The molecule has 0 saturated carbocycles. The molecule has 1 rings (SSSR count). The highest BCUT2D eigenvalue weighted by molar-refractivity contribution is 6.31. The molecular weight excluding hydrogens is 213 g/mol. The monoisotopic (exact) mass is 229 g/mol. The predicted molar refractivity (Wildman–Crippen MR) is 62.7 cm³/mol. The molecule has 1 N–H and O–H groups in total. The van der Waals surface area contributed by atoms with Crippen LogP contribution in [0.1, 0.15) is 31.9 Å². The average Bonchev–Trinajstić information content (AvgIpc) is 2.21. The van der Waals surface area contributed by atoms with Gasteiger partial charge in [-0.05, 0) is 30.7 Å². The fourth-order valence-corrected chi connectivity index (χ4v) is 2.02. The smallest absolute Gasteiger partial charge is 0.124 e. The molecule has 0 saturated heterocycles. The van der Waals surface area contributed by atoms with E-state index in [1.165, 1.54) is 12.1 Å². The quantitative estimate of drug-likeness (QED) is 0.829. The van der Waals surface area contributed by atoms with Gasteiger partial charge in [-0.2, -0.15) is 0 Å². The van der Waals surface area contributed by atoms with Gasteiger partial charge in [-0.25, -0.2) is 4.39 Å². The molecule has 0 heterocycles. The van der Waals surface area contributed by atoms with E-state index in [1.54, 1.807) is 6.07 Å². The van der Waals surface area contributed by atoms with E-state index in [1.807, 2.05) is 7.05 Å². The topological polar surface area (TPSA) is 12.0 Å². The van der Waals surface area contributed by atoms with Crippen LogP contribution >= 0.6 is 11.6 Å². The Kier molecular flexibility index (Phi) is 4.55. The molecule has 0 radical (unpaired) electrons. The molecular formula is C12H17ClFN. The zero-order valence-corrected chi connectivity index (χ0v) is 10.1. The molecule has 2 atom stereocenters. The Labute approximate surface area is 95.6 Å². The Bertz CT molecular complexity index is 327. The van der Waals surface area contributed by atoms with Gasteiger partial charge in [0.1, 0.15) is 5.82 Å². The highest BCUT2D eigenvalue weighted by Crippen LogP contribution is 2.30. The van der Waals surface area contributed by atoms with E-state index in [-0.39, 0.29) is 11.9 Å². The van der Waals surface area contributed by atoms with Gasteiger partial charge in [-0.1, -0.05) is 37.9 Å². The van der Waals surface area contributed by atoms with Gasteiger partial charge in [0, 0.05) is 11.1 Å². The van der Waals surface area contributed by atoms with E-state index >= 15 is 0 Å². The van der Waals surface area contributed by atoms with Crippen molar-refractivity contribution in [1.29, 1.82) is 0 Å². The second-order valence-corrected chi connectivity index (χ2v) is 4.22. The summed E-state index contributed by atoms with van der Waals surface area (Å²) in [5.41, 5.74) is 0.968. The second kappa shape index (κ2) is 5.47. The predicted octanol–water partition coefficient (Wildman–Crippen LogP) is 3.79. The molecule has 0 spiro atoms. The van der Waals surface area contributed by atoms with Gasteiger partial charge in [0.15, 0.2) is 0 Å². The largest absolute Gasteiger partial charge is 0.313 e. The zero-order valence-electron chi connectivity index (χ0n) is 9.35. The van der Waals surface area contributed by atoms with Crippen LogP contribution in [-0.4, -0.2) is 7.05 Å². The van der Waals surface area contributed by atoms with Crippen molar-refractivity contribution < 1.29 is 4.39 Å². The summed E-state index contributed by atoms with van der Waals surface area (Å²) in [7, 11) is 1.90. The van der Waals surface area contributed by atoms with Crippen molar-refractivity contribution in [1.82, 2.24) is 5.32 Å². The highest BCUT2D eigenvalue weighted by atomic mass is 35.5. The summed E-state index contributed by atoms with van der Waals surface area (Å²) in [5.74, 6) is 0.181. The Morgan fingerprint density at radius 2 is 2.13 bits per heavy atom. The zero-order chi connectivity index (χ0) is 11.4. The summed E-state index contributed by atoms with van der Waals surface area (Å²) in [4.78, 5) is 0. The maximum atomic E-state index is 12.9. The Morgan fingerprint density at radius 3 is 2.60 bits per heavy atom. The summed E-state index contributed by atoms with van der Waals surface area (Å²) in [5, 5.41) is 3.72. The molecule has 0 aliphatic heterocycles. The van der Waals surface area contributed by atoms with Gasteiger partial charge >= 0.3 is 0 Å². The van der Waals surface area contributed by atoms with Crippen molar-refractivity contribution >= 4 is 11.6 Å². The number of nitrogens with one attached hydrogen (secondary N) is 1. The first-order valence-electron chi connectivity index (χ1n) is 5.22. The van der Waals surface area contributed by atoms with E-state index in [0.717, 1.165) is 12.0 Å². The van der Waals surface area contributed by atoms with Crippen LogP contribution < -0.4 is 5.32 Å². The van der Waals surface area contributed by atoms with Crippen molar-refractivity contribution in [2.75, 3.05) is 7.05 Å². The lowest BCUT2D eigenvalue weighted by atomic mass is 9.92. The maximum Gasteiger partial charge on any atom is 0.124 e. The molecule has 0 aromatic heterocycles. The van der Waals surface area contributed by atoms with Crippen molar-refractivity contribution in [3.63, 3.8) is 0 Å². The van der Waals surface area contributed by atoms with Crippen molar-refractivity contribution in [2.45, 2.75) is 26.3 Å². The van der Waals surface area contributed by atoms with E-state index in [0.29, 0.717) is 10.9 Å². The van der Waals surface area contributed by atoms with Gasteiger partial charge in [0.05, 0.1) is 0 Å². The molecule has 3 heteroatoms. The van der Waals surface area contributed by atoms with E-state index in [9.17, 15) is 4.39 Å². The fourth-order valence-electron chi connectivity index (χ4n) is 1.74. The molecule has 84 valence electrons. The van der Waals surface area contributed by atoms with Gasteiger partial charge in [-0.3, -0.25) is 0 Å². The van der Waals surface area contributed by atoms with Crippen molar-refractivity contribution in [3.05, 3.63) is 34.6 Å². The normalized spacial score (nSPS) is 15.0. The maximum absolute atomic E-state index is 12.9. The van der Waals surface area contributed by atoms with Crippen LogP contribution in [0.25, 0.3) is 0 Å². The Balaban J connectivity index is 3.01. The van der Waals surface area contributed by atoms with E-state index in [2.05, 4.69) is 19.2 Å². The van der Waals surface area contributed by atoms with Gasteiger partial charge in [0.2, 0.25) is 0 Å². The molecule has 0 bridgehead atoms. The lowest BCUT2D eigenvalue weighted by Gasteiger charge is -2.23. The number of rotatable bonds is 4. The molecule has 15 heavy (non-hydrogen) atoms. The minimum absolute atomic E-state index is 0.183. The number of halogens is 2. The van der Waals surface area contributed by atoms with Crippen LogP contribution in [0.4, 0.5) is 4.39 Å². The molecule has 0 fully saturated rings. The number of hydrogen-bond acceptors (Lipinski definition) is 1. The summed E-state index contributed by atoms with van der Waals surface area (Å²) in [6, 6.07) is 4.76. The Morgan fingerprint density at radius 1 is 1.47 bits per heavy atom.